The molecule has 2 heterocycles. The Bertz CT molecular complexity index is 3130. The zero-order valence-corrected chi connectivity index (χ0v) is 34.4. The van der Waals surface area contributed by atoms with Crippen molar-refractivity contribution in [2.75, 3.05) is 0 Å². The molecule has 9 aromatic rings. The van der Waals surface area contributed by atoms with Crippen molar-refractivity contribution in [2.24, 2.45) is 0 Å². The van der Waals surface area contributed by atoms with Crippen LogP contribution in [0, 0.1) is 13.8 Å². The van der Waals surface area contributed by atoms with Crippen LogP contribution in [0.4, 0.5) is 0 Å². The number of nitrogens with zero attached hydrogens (tertiary/aromatic N) is 2. The lowest BCUT2D eigenvalue weighted by Gasteiger charge is -2.34. The van der Waals surface area contributed by atoms with Crippen molar-refractivity contribution >= 4 is 16.3 Å². The van der Waals surface area contributed by atoms with E-state index >= 15 is 0 Å². The van der Waals surface area contributed by atoms with Crippen molar-refractivity contribution in [1.82, 2.24) is 9.97 Å². The third-order valence-electron chi connectivity index (χ3n) is 12.7. The van der Waals surface area contributed by atoms with Crippen LogP contribution in [0.25, 0.3) is 72.1 Å². The van der Waals surface area contributed by atoms with Crippen molar-refractivity contribution in [3.8, 4) is 55.8 Å². The largest absolute Gasteiger partial charge is 0.258 e. The van der Waals surface area contributed by atoms with Crippen molar-refractivity contribution in [2.45, 2.75) is 32.1 Å². The summed E-state index contributed by atoms with van der Waals surface area (Å²) in [6.45, 7) is 4.17. The molecule has 290 valence electrons. The second kappa shape index (κ2) is 15.0. The Balaban J connectivity index is 1.23. The first kappa shape index (κ1) is 36.6. The Hall–Kier alpha value is -7.42. The summed E-state index contributed by atoms with van der Waals surface area (Å²) in [4.78, 5) is 10.3. The summed E-state index contributed by atoms with van der Waals surface area (Å²) >= 11 is 0. The van der Waals surface area contributed by atoms with E-state index in [4.69, 9.17) is 9.97 Å². The third-order valence-corrected chi connectivity index (χ3v) is 12.7. The van der Waals surface area contributed by atoms with Gasteiger partial charge in [0.25, 0.3) is 0 Å². The van der Waals surface area contributed by atoms with Gasteiger partial charge in [0, 0.05) is 17.0 Å². The zero-order valence-electron chi connectivity index (χ0n) is 34.4. The van der Waals surface area contributed by atoms with Gasteiger partial charge < -0.3 is 0 Å². The van der Waals surface area contributed by atoms with Gasteiger partial charge in [-0.05, 0) is 158 Å². The highest BCUT2D eigenvalue weighted by atomic mass is 14.7. The van der Waals surface area contributed by atoms with Crippen LogP contribution in [0.15, 0.2) is 206 Å². The van der Waals surface area contributed by atoms with E-state index in [0.29, 0.717) is 0 Å². The molecule has 0 fully saturated rings. The number of hydrogen-bond acceptors (Lipinski definition) is 2. The second-order valence-corrected chi connectivity index (χ2v) is 16.5. The molecule has 2 aliphatic rings. The summed E-state index contributed by atoms with van der Waals surface area (Å²) in [5.41, 5.74) is 20.5. The van der Waals surface area contributed by atoms with Crippen molar-refractivity contribution in [1.29, 1.82) is 0 Å². The van der Waals surface area contributed by atoms with Gasteiger partial charge in [0.05, 0.1) is 16.8 Å². The number of hydrogen-bond donors (Lipinski definition) is 0. The number of benzene rings is 7. The van der Waals surface area contributed by atoms with Crippen LogP contribution in [0.1, 0.15) is 52.2 Å². The predicted octanol–water partition coefficient (Wildman–Crippen LogP) is 15.0. The number of fused-ring (bicyclic) bond motifs is 5. The maximum Gasteiger partial charge on any atom is 0.0715 e. The molecule has 0 amide bonds. The van der Waals surface area contributed by atoms with E-state index in [-0.39, 0.29) is 0 Å². The summed E-state index contributed by atoms with van der Waals surface area (Å²) in [5.74, 6) is 0. The number of rotatable bonds is 7. The van der Waals surface area contributed by atoms with E-state index in [1.165, 1.54) is 60.9 Å². The van der Waals surface area contributed by atoms with Gasteiger partial charge in [-0.3, -0.25) is 4.98 Å². The smallest absolute Gasteiger partial charge is 0.0715 e. The molecule has 2 heteroatoms. The van der Waals surface area contributed by atoms with E-state index in [1.54, 1.807) is 0 Å². The van der Waals surface area contributed by atoms with E-state index < -0.39 is 5.41 Å². The topological polar surface area (TPSA) is 25.8 Å². The van der Waals surface area contributed by atoms with Crippen LogP contribution in [-0.4, -0.2) is 9.97 Å². The fourth-order valence-electron chi connectivity index (χ4n) is 10.1. The van der Waals surface area contributed by atoms with Crippen molar-refractivity contribution < 1.29 is 0 Å². The highest BCUT2D eigenvalue weighted by Crippen LogP contribution is 2.59. The molecule has 7 aromatic carbocycles. The minimum atomic E-state index is -0.532. The SMILES string of the molecule is Cc1cc(-c2cc(-c3cc(-c4ccccc4)cc(C4=CC=CCC4)n3)cc(-c3cc4c(c5ccccc35)-c3ccccc3C4(c3ccccc3)c3ccccc3)c2)cc(C)n1. The van der Waals surface area contributed by atoms with Crippen LogP contribution in [0.5, 0.6) is 0 Å². The van der Waals surface area contributed by atoms with Gasteiger partial charge >= 0.3 is 0 Å². The van der Waals surface area contributed by atoms with Crippen LogP contribution in [0.2, 0.25) is 0 Å². The van der Waals surface area contributed by atoms with E-state index in [0.717, 1.165) is 63.4 Å². The molecule has 0 saturated carbocycles. The molecular formula is C59H44N2. The average molecular weight is 781 g/mol. The number of pyridine rings is 2. The van der Waals surface area contributed by atoms with E-state index in [2.05, 4.69) is 220 Å². The van der Waals surface area contributed by atoms with Gasteiger partial charge in [0.1, 0.15) is 0 Å². The Morgan fingerprint density at radius 1 is 0.426 bits per heavy atom. The molecule has 61 heavy (non-hydrogen) atoms. The fraction of sp³-hybridized carbons (Fsp3) is 0.0847. The second-order valence-electron chi connectivity index (χ2n) is 16.5. The first-order chi connectivity index (χ1) is 30.0. The molecule has 0 saturated heterocycles. The Labute approximate surface area is 358 Å². The first-order valence-electron chi connectivity index (χ1n) is 21.4. The molecule has 0 bridgehead atoms. The standard InChI is InChI=1S/C59H44N2/c1-39-31-43(32-40(2)60-39)44-33-46(35-47(34-44)57-37-45(41-19-7-3-8-20-41)36-56(61-57)42-21-9-4-10-22-42)53-38-55-58(51-28-16-15-27-50(51)53)52-29-17-18-30-54(52)59(55,48-23-11-5-12-24-48)49-25-13-6-14-26-49/h3-9,11-21,23-38H,10,22H2,1-2H3. The van der Waals surface area contributed by atoms with E-state index in [1.807, 2.05) is 0 Å². The molecule has 0 unspecified atom stereocenters. The number of allylic oxidation sites excluding steroid dienone is 4. The average Bonchev–Trinajstić information content (AvgIpc) is 3.63. The van der Waals surface area contributed by atoms with Crippen molar-refractivity contribution in [3.05, 3.63) is 246 Å². The summed E-state index contributed by atoms with van der Waals surface area (Å²) in [6, 6.07) is 69.6. The molecule has 0 atom stereocenters. The van der Waals surface area contributed by atoms with Crippen LogP contribution in [0.3, 0.4) is 0 Å². The summed E-state index contributed by atoms with van der Waals surface area (Å²) in [7, 11) is 0. The molecule has 2 aliphatic carbocycles. The van der Waals surface area contributed by atoms with Crippen LogP contribution < -0.4 is 0 Å². The van der Waals surface area contributed by atoms with E-state index in [9.17, 15) is 0 Å². The molecule has 0 spiro atoms. The molecule has 11 rings (SSSR count). The summed E-state index contributed by atoms with van der Waals surface area (Å²) in [6.07, 6.45) is 8.63. The maximum atomic E-state index is 5.49. The molecular weight excluding hydrogens is 737 g/mol. The lowest BCUT2D eigenvalue weighted by Crippen LogP contribution is -2.28. The molecule has 0 aliphatic heterocycles. The van der Waals surface area contributed by atoms with Crippen LogP contribution in [-0.2, 0) is 5.41 Å². The monoisotopic (exact) mass is 780 g/mol. The third kappa shape index (κ3) is 6.26. The first-order valence-corrected chi connectivity index (χ1v) is 21.4. The maximum absolute atomic E-state index is 5.49. The zero-order chi connectivity index (χ0) is 40.9. The van der Waals surface area contributed by atoms with Gasteiger partial charge in [-0.1, -0.05) is 158 Å². The van der Waals surface area contributed by atoms with Crippen molar-refractivity contribution in [3.63, 3.8) is 0 Å². The minimum absolute atomic E-state index is 0.532. The molecule has 2 nitrogen and oxygen atoms in total. The predicted molar refractivity (Wildman–Crippen MR) is 254 cm³/mol. The number of aryl methyl sites for hydroxylation is 2. The quantitative estimate of drug-likeness (QED) is 0.161. The Morgan fingerprint density at radius 3 is 1.70 bits per heavy atom. The van der Waals surface area contributed by atoms with Gasteiger partial charge in [0.2, 0.25) is 0 Å². The fourth-order valence-corrected chi connectivity index (χ4v) is 10.1. The summed E-state index contributed by atoms with van der Waals surface area (Å²) in [5, 5.41) is 2.48. The summed E-state index contributed by atoms with van der Waals surface area (Å²) < 4.78 is 0. The van der Waals surface area contributed by atoms with Gasteiger partial charge in [-0.15, -0.1) is 0 Å². The number of aromatic nitrogens is 2. The lowest BCUT2D eigenvalue weighted by molar-refractivity contribution is 0.769. The highest BCUT2D eigenvalue weighted by molar-refractivity contribution is 6.10. The minimum Gasteiger partial charge on any atom is -0.258 e. The Morgan fingerprint density at radius 2 is 1.00 bits per heavy atom. The molecule has 0 radical (unpaired) electrons. The van der Waals surface area contributed by atoms with Crippen LogP contribution >= 0.6 is 0 Å². The highest BCUT2D eigenvalue weighted by Gasteiger charge is 2.47. The van der Waals surface area contributed by atoms with Gasteiger partial charge in [0.15, 0.2) is 0 Å². The normalized spacial score (nSPS) is 13.8. The Kier molecular flexibility index (Phi) is 9.01. The van der Waals surface area contributed by atoms with Gasteiger partial charge in [-0.2, -0.15) is 0 Å². The molecule has 0 N–H and O–H groups in total. The van der Waals surface area contributed by atoms with Gasteiger partial charge in [-0.25, -0.2) is 4.98 Å². The lowest BCUT2D eigenvalue weighted by atomic mass is 9.67. The molecule has 2 aromatic heterocycles.